The molecule has 0 aromatic heterocycles. The zero-order chi connectivity index (χ0) is 14.9. The van der Waals surface area contributed by atoms with Crippen molar-refractivity contribution in [2.45, 2.75) is 32.4 Å². The Morgan fingerprint density at radius 1 is 1.35 bits per heavy atom. The summed E-state index contributed by atoms with van der Waals surface area (Å²) >= 11 is 5.75. The molecule has 1 aliphatic carbocycles. The highest BCUT2D eigenvalue weighted by atomic mass is 35.5. The minimum absolute atomic E-state index is 0.0572. The molecule has 0 saturated carbocycles. The Kier molecular flexibility index (Phi) is 4.45. The Labute approximate surface area is 121 Å². The van der Waals surface area contributed by atoms with E-state index in [4.69, 9.17) is 11.6 Å². The molecule has 1 unspecified atom stereocenters. The lowest BCUT2D eigenvalue weighted by molar-refractivity contribution is -0.137. The Morgan fingerprint density at radius 3 is 2.60 bits per heavy atom. The number of hydrogen-bond acceptors (Lipinski definition) is 1. The lowest BCUT2D eigenvalue weighted by Gasteiger charge is -2.24. The third kappa shape index (κ3) is 3.18. The van der Waals surface area contributed by atoms with Gasteiger partial charge >= 0.3 is 6.18 Å². The number of rotatable bonds is 2. The molecule has 1 N–H and O–H groups in total. The van der Waals surface area contributed by atoms with Crippen molar-refractivity contribution in [2.24, 2.45) is 5.92 Å². The van der Waals surface area contributed by atoms with Crippen molar-refractivity contribution in [1.29, 1.82) is 0 Å². The Morgan fingerprint density at radius 2 is 2.05 bits per heavy atom. The zero-order valence-electron chi connectivity index (χ0n) is 11.1. The van der Waals surface area contributed by atoms with Crippen LogP contribution in [0.1, 0.15) is 37.3 Å². The molecule has 0 bridgehead atoms. The summed E-state index contributed by atoms with van der Waals surface area (Å²) in [5, 5.41) is 9.13. The van der Waals surface area contributed by atoms with Crippen molar-refractivity contribution in [1.82, 2.24) is 0 Å². The highest BCUT2D eigenvalue weighted by molar-refractivity contribution is 6.31. The van der Waals surface area contributed by atoms with Crippen LogP contribution in [-0.2, 0) is 6.18 Å². The Hall–Kier alpha value is -1.00. The molecular formula is C15H16ClF3O. The first kappa shape index (κ1) is 15.4. The number of alkyl halides is 3. The van der Waals surface area contributed by atoms with Crippen LogP contribution in [-0.4, -0.2) is 11.7 Å². The fourth-order valence-corrected chi connectivity index (χ4v) is 2.94. The van der Waals surface area contributed by atoms with E-state index in [1.807, 2.05) is 0 Å². The van der Waals surface area contributed by atoms with Gasteiger partial charge in [-0.2, -0.15) is 13.2 Å². The third-order valence-electron chi connectivity index (χ3n) is 3.72. The molecule has 0 heterocycles. The molecule has 0 aliphatic heterocycles. The van der Waals surface area contributed by atoms with Gasteiger partial charge in [-0.15, -0.1) is 0 Å². The first-order valence-electron chi connectivity index (χ1n) is 6.51. The van der Waals surface area contributed by atoms with Crippen LogP contribution in [0, 0.1) is 5.92 Å². The second-order valence-electron chi connectivity index (χ2n) is 5.28. The van der Waals surface area contributed by atoms with Gasteiger partial charge in [0.1, 0.15) is 0 Å². The standard InChI is InChI=1S/C15H16ClF3O/c1-9-2-4-12(11(6-9)8-20)10-3-5-13(14(16)7-10)15(17,18)19/h3,5,7,9,20H,2,4,6,8H2,1H3. The first-order chi connectivity index (χ1) is 9.32. The summed E-state index contributed by atoms with van der Waals surface area (Å²) < 4.78 is 38.0. The number of aliphatic hydroxyl groups excluding tert-OH is 1. The number of aliphatic hydroxyl groups is 1. The largest absolute Gasteiger partial charge is 0.417 e. The van der Waals surface area contributed by atoms with Crippen LogP contribution in [0.25, 0.3) is 5.57 Å². The fraction of sp³-hybridized carbons (Fsp3) is 0.467. The van der Waals surface area contributed by atoms with Crippen LogP contribution in [0.2, 0.25) is 5.02 Å². The summed E-state index contributed by atoms with van der Waals surface area (Å²) in [6.07, 6.45) is -1.93. The van der Waals surface area contributed by atoms with Gasteiger partial charge in [-0.05, 0) is 54.0 Å². The molecular weight excluding hydrogens is 289 g/mol. The van der Waals surface area contributed by atoms with Gasteiger partial charge in [-0.1, -0.05) is 24.6 Å². The molecule has 5 heteroatoms. The number of hydrogen-bond donors (Lipinski definition) is 1. The van der Waals surface area contributed by atoms with Crippen molar-refractivity contribution < 1.29 is 18.3 Å². The molecule has 20 heavy (non-hydrogen) atoms. The minimum atomic E-state index is -4.44. The predicted octanol–water partition coefficient (Wildman–Crippen LogP) is 4.92. The van der Waals surface area contributed by atoms with Crippen molar-refractivity contribution >= 4 is 17.2 Å². The van der Waals surface area contributed by atoms with E-state index in [1.165, 1.54) is 12.1 Å². The van der Waals surface area contributed by atoms with Gasteiger partial charge in [0.25, 0.3) is 0 Å². The number of allylic oxidation sites excluding steroid dienone is 1. The highest BCUT2D eigenvalue weighted by Gasteiger charge is 2.33. The van der Waals surface area contributed by atoms with Gasteiger partial charge in [0.15, 0.2) is 0 Å². The van der Waals surface area contributed by atoms with E-state index in [2.05, 4.69) is 6.92 Å². The maximum Gasteiger partial charge on any atom is 0.417 e. The van der Waals surface area contributed by atoms with E-state index in [-0.39, 0.29) is 11.6 Å². The van der Waals surface area contributed by atoms with E-state index < -0.39 is 11.7 Å². The van der Waals surface area contributed by atoms with E-state index in [9.17, 15) is 18.3 Å². The van der Waals surface area contributed by atoms with Crippen molar-refractivity contribution in [2.75, 3.05) is 6.61 Å². The van der Waals surface area contributed by atoms with E-state index in [0.29, 0.717) is 11.5 Å². The molecule has 0 fully saturated rings. The van der Waals surface area contributed by atoms with E-state index >= 15 is 0 Å². The molecule has 0 amide bonds. The third-order valence-corrected chi connectivity index (χ3v) is 4.04. The summed E-state index contributed by atoms with van der Waals surface area (Å²) in [4.78, 5) is 0. The smallest absolute Gasteiger partial charge is 0.392 e. The van der Waals surface area contributed by atoms with Gasteiger partial charge in [0.2, 0.25) is 0 Å². The molecule has 0 saturated heterocycles. The normalized spacial score (nSPS) is 20.4. The van der Waals surface area contributed by atoms with Gasteiger partial charge in [-0.25, -0.2) is 0 Å². The molecule has 1 aromatic carbocycles. The summed E-state index contributed by atoms with van der Waals surface area (Å²) in [6.45, 7) is 2.05. The molecule has 110 valence electrons. The monoisotopic (exact) mass is 304 g/mol. The molecule has 1 aliphatic rings. The van der Waals surface area contributed by atoms with E-state index in [1.54, 1.807) is 0 Å². The molecule has 1 nitrogen and oxygen atoms in total. The average Bonchev–Trinajstić information content (AvgIpc) is 2.36. The zero-order valence-corrected chi connectivity index (χ0v) is 11.9. The van der Waals surface area contributed by atoms with Crippen LogP contribution in [0.15, 0.2) is 23.8 Å². The molecule has 1 aromatic rings. The highest BCUT2D eigenvalue weighted by Crippen LogP contribution is 2.39. The second-order valence-corrected chi connectivity index (χ2v) is 5.69. The van der Waals surface area contributed by atoms with Gasteiger partial charge in [0.05, 0.1) is 17.2 Å². The maximum absolute atomic E-state index is 12.7. The van der Waals surface area contributed by atoms with Crippen LogP contribution in [0.3, 0.4) is 0 Å². The predicted molar refractivity (Wildman–Crippen MR) is 73.5 cm³/mol. The number of benzene rings is 1. The number of halogens is 4. The summed E-state index contributed by atoms with van der Waals surface area (Å²) in [5.41, 5.74) is 1.69. The molecule has 0 radical (unpaired) electrons. The fourth-order valence-electron chi connectivity index (χ4n) is 2.65. The minimum Gasteiger partial charge on any atom is -0.392 e. The summed E-state index contributed by atoms with van der Waals surface area (Å²) in [6, 6.07) is 3.80. The first-order valence-corrected chi connectivity index (χ1v) is 6.89. The Bertz CT molecular complexity index is 534. The molecule has 2 rings (SSSR count). The van der Waals surface area contributed by atoms with Crippen LogP contribution in [0.5, 0.6) is 0 Å². The SMILES string of the molecule is CC1CCC(c2ccc(C(F)(F)F)c(Cl)c2)=C(CO)C1. The quantitative estimate of drug-likeness (QED) is 0.822. The van der Waals surface area contributed by atoms with Gasteiger partial charge in [0, 0.05) is 0 Å². The van der Waals surface area contributed by atoms with Crippen molar-refractivity contribution in [3.05, 3.63) is 39.9 Å². The summed E-state index contributed by atoms with van der Waals surface area (Å²) in [5.74, 6) is 0.492. The van der Waals surface area contributed by atoms with E-state index in [0.717, 1.165) is 36.5 Å². The Balaban J connectivity index is 2.41. The maximum atomic E-state index is 12.7. The molecule has 0 spiro atoms. The van der Waals surface area contributed by atoms with Crippen LogP contribution < -0.4 is 0 Å². The summed E-state index contributed by atoms with van der Waals surface area (Å²) in [7, 11) is 0. The average molecular weight is 305 g/mol. The van der Waals surface area contributed by atoms with Crippen molar-refractivity contribution in [3.8, 4) is 0 Å². The van der Waals surface area contributed by atoms with Gasteiger partial charge < -0.3 is 5.11 Å². The van der Waals surface area contributed by atoms with Gasteiger partial charge in [-0.3, -0.25) is 0 Å². The van der Waals surface area contributed by atoms with Crippen molar-refractivity contribution in [3.63, 3.8) is 0 Å². The topological polar surface area (TPSA) is 20.2 Å². The van der Waals surface area contributed by atoms with Crippen LogP contribution >= 0.6 is 11.6 Å². The lowest BCUT2D eigenvalue weighted by Crippen LogP contribution is -2.11. The van der Waals surface area contributed by atoms with Crippen LogP contribution in [0.4, 0.5) is 13.2 Å². The second kappa shape index (κ2) is 5.78. The lowest BCUT2D eigenvalue weighted by atomic mass is 9.82. The molecule has 1 atom stereocenters.